The second-order valence-electron chi connectivity index (χ2n) is 20.1. The van der Waals surface area contributed by atoms with Crippen LogP contribution in [-0.2, 0) is 41.8 Å². The normalized spacial score (nSPS) is 15.2. The van der Waals surface area contributed by atoms with Gasteiger partial charge in [-0.05, 0) is 92.8 Å². The number of hydrogen-bond donors (Lipinski definition) is 0. The molecule has 0 saturated carbocycles. The van der Waals surface area contributed by atoms with Crippen molar-refractivity contribution < 1.29 is 38.2 Å². The van der Waals surface area contributed by atoms with Gasteiger partial charge in [-0.3, -0.25) is 15.0 Å². The number of hydrogen-bond acceptors (Lipinski definition) is 5. The van der Waals surface area contributed by atoms with Crippen LogP contribution in [0, 0.1) is 32.7 Å². The number of nitrogens with zero attached hydrogens (tertiary/aromatic N) is 4. The molecule has 4 aromatic carbocycles. The summed E-state index contributed by atoms with van der Waals surface area (Å²) in [6.45, 7) is 17.1. The van der Waals surface area contributed by atoms with Gasteiger partial charge >= 0.3 is 0 Å². The van der Waals surface area contributed by atoms with E-state index < -0.39 is 26.0 Å². The zero-order valence-corrected chi connectivity index (χ0v) is 40.7. The van der Waals surface area contributed by atoms with E-state index in [0.29, 0.717) is 22.2 Å². The molecule has 0 atom stereocenters. The van der Waals surface area contributed by atoms with Crippen molar-refractivity contribution in [3.8, 4) is 45.0 Å². The third-order valence-electron chi connectivity index (χ3n) is 11.0. The van der Waals surface area contributed by atoms with E-state index in [4.69, 9.17) is 23.1 Å². The van der Waals surface area contributed by atoms with Crippen LogP contribution in [0.25, 0.3) is 67.0 Å². The molecule has 6 heteroatoms. The minimum absolute atomic E-state index is 0. The molecule has 0 aliphatic rings. The smallest absolute Gasteiger partial charge is 0.124 e. The van der Waals surface area contributed by atoms with Crippen LogP contribution in [0.5, 0.6) is 0 Å². The molecule has 0 amide bonds. The van der Waals surface area contributed by atoms with Crippen molar-refractivity contribution in [3.05, 3.63) is 155 Å². The van der Waals surface area contributed by atoms with Crippen LogP contribution in [0.4, 0.5) is 0 Å². The predicted molar refractivity (Wildman–Crippen MR) is 260 cm³/mol. The number of aryl methyl sites for hydroxylation is 3. The monoisotopic (exact) mass is 1020 g/mol. The molecule has 0 N–H and O–H groups in total. The van der Waals surface area contributed by atoms with E-state index in [0.717, 1.165) is 40.0 Å². The summed E-state index contributed by atoms with van der Waals surface area (Å²) in [5, 5.41) is 0.747. The Bertz CT molecular complexity index is 3280. The Hall–Kier alpha value is -5.29. The third kappa shape index (κ3) is 10.2. The first kappa shape index (κ1) is 35.1. The summed E-state index contributed by atoms with van der Waals surface area (Å²) in [7, 11) is 0. The second-order valence-corrected chi connectivity index (χ2v) is 20.1. The van der Waals surface area contributed by atoms with E-state index in [2.05, 4.69) is 108 Å². The van der Waals surface area contributed by atoms with Gasteiger partial charge in [-0.15, -0.1) is 53.6 Å². The van der Waals surface area contributed by atoms with Gasteiger partial charge in [0.15, 0.2) is 0 Å². The molecule has 0 unspecified atom stereocenters. The molecule has 8 aromatic rings. The largest absolute Gasteiger partial charge is 0.500 e. The van der Waals surface area contributed by atoms with Gasteiger partial charge in [0.25, 0.3) is 0 Å². The first-order valence-corrected chi connectivity index (χ1v) is 20.9. The Morgan fingerprint density at radius 2 is 1.30 bits per heavy atom. The number of furan rings is 1. The van der Waals surface area contributed by atoms with E-state index in [1.165, 1.54) is 18.2 Å². The second kappa shape index (κ2) is 17.7. The van der Waals surface area contributed by atoms with Crippen LogP contribution in [0.15, 0.2) is 108 Å². The van der Waals surface area contributed by atoms with Crippen molar-refractivity contribution in [2.24, 2.45) is 0 Å². The van der Waals surface area contributed by atoms with Gasteiger partial charge in [-0.1, -0.05) is 131 Å². The van der Waals surface area contributed by atoms with Crippen molar-refractivity contribution in [2.75, 3.05) is 0 Å². The minimum Gasteiger partial charge on any atom is -0.500 e. The van der Waals surface area contributed by atoms with Crippen LogP contribution < -0.4 is 0 Å². The molecule has 4 aromatic heterocycles. The van der Waals surface area contributed by atoms with Gasteiger partial charge in [0.1, 0.15) is 5.58 Å². The fraction of sp³-hybridized carbons (Fsp3) is 0.333. The average molecular weight is 1020 g/mol. The maximum absolute atomic E-state index is 9.06. The number of aromatic nitrogens is 4. The summed E-state index contributed by atoms with van der Waals surface area (Å²) in [6.07, 6.45) is 4.58. The molecular formula is C57H62IrN4O-2. The Kier molecular flexibility index (Phi) is 9.86. The van der Waals surface area contributed by atoms with Crippen LogP contribution in [0.3, 0.4) is 0 Å². The molecule has 4 heterocycles. The average Bonchev–Trinajstić information content (AvgIpc) is 3.65. The summed E-state index contributed by atoms with van der Waals surface area (Å²) in [4.78, 5) is 18.2. The summed E-state index contributed by atoms with van der Waals surface area (Å²) < 4.78 is 91.2. The van der Waals surface area contributed by atoms with Crippen molar-refractivity contribution >= 4 is 21.9 Å². The standard InChI is InChI=1S/C43H47N2O.C14H15N2.Ir/c1-25-13-15-33(37-21-34(27(3)23-44-37)32-16-14-29(17-26(32)2)41(4,5)6)40-39(25)35-24-45-36(22-38(35)46-40)28-18-30(42(7,8)9)20-31(19-28)43(10,11)12;1-14(2,3)12-9-10-15-13(16-12)11-7-5-4-6-8-11;/h13-14,16-24H,1-12H3;4-7,9-10H,1-3H3;/q2*-1;/i1D3,2D3,3D3,16D;;. The Morgan fingerprint density at radius 3 is 1.92 bits per heavy atom. The zero-order chi connectivity index (χ0) is 53.3. The number of benzene rings is 4. The topological polar surface area (TPSA) is 64.7 Å². The summed E-state index contributed by atoms with van der Waals surface area (Å²) in [5.74, 6) is 0.744. The fourth-order valence-corrected chi connectivity index (χ4v) is 7.10. The quantitative estimate of drug-likeness (QED) is 0.164. The molecule has 8 rings (SSSR count). The first-order chi connectivity index (χ1) is 33.0. The summed E-state index contributed by atoms with van der Waals surface area (Å²) in [5.41, 5.74) is 6.16. The molecule has 0 fully saturated rings. The van der Waals surface area contributed by atoms with Crippen LogP contribution in [0.1, 0.15) is 136 Å². The Balaban J connectivity index is 0.000000433. The number of fused-ring (bicyclic) bond motifs is 3. The van der Waals surface area contributed by atoms with Gasteiger partial charge < -0.3 is 9.40 Å². The van der Waals surface area contributed by atoms with E-state index in [-0.39, 0.29) is 92.4 Å². The molecule has 0 aliphatic heterocycles. The van der Waals surface area contributed by atoms with Crippen molar-refractivity contribution in [1.82, 2.24) is 19.9 Å². The summed E-state index contributed by atoms with van der Waals surface area (Å²) >= 11 is 0. The van der Waals surface area contributed by atoms with Crippen LogP contribution in [-0.4, -0.2) is 19.9 Å². The molecule has 5 nitrogen and oxygen atoms in total. The zero-order valence-electron chi connectivity index (χ0n) is 48.3. The van der Waals surface area contributed by atoms with Crippen molar-refractivity contribution in [1.29, 1.82) is 0 Å². The maximum Gasteiger partial charge on any atom is 0.124 e. The Labute approximate surface area is 403 Å². The molecule has 1 radical (unpaired) electrons. The van der Waals surface area contributed by atoms with Crippen LogP contribution >= 0.6 is 0 Å². The third-order valence-corrected chi connectivity index (χ3v) is 11.0. The Morgan fingerprint density at radius 1 is 0.619 bits per heavy atom. The molecular weight excluding hydrogens is 949 g/mol. The SMILES string of the molecule is CC(C)(C)c1ccnc(-c2[c-]cccc2)n1.[2H]c1cc(C(C)(C)C)cc(C([2H])([2H])[2H])c1-c1cc(-c2[c-]cc(C([2H])([2H])[2H])c3c2oc2cc(-c4cc(C(C)(C)C)cc(C(C)(C)C)c4)ncc23)ncc1C([2H])([2H])[2H].[Ir]. The molecule has 0 spiro atoms. The molecule has 63 heavy (non-hydrogen) atoms. The first-order valence-electron chi connectivity index (χ1n) is 25.9. The van der Waals surface area contributed by atoms with E-state index in [1.807, 2.05) is 57.3 Å². The van der Waals surface area contributed by atoms with E-state index in [9.17, 15) is 0 Å². The van der Waals surface area contributed by atoms with Gasteiger partial charge in [-0.2, -0.15) is 0 Å². The molecule has 327 valence electrons. The predicted octanol–water partition coefficient (Wildman–Crippen LogP) is 15.2. The molecule has 0 bridgehead atoms. The van der Waals surface area contributed by atoms with E-state index in [1.54, 1.807) is 18.3 Å². The van der Waals surface area contributed by atoms with Gasteiger partial charge in [0.05, 0.1) is 18.5 Å². The fourth-order valence-electron chi connectivity index (χ4n) is 7.10. The number of pyridine rings is 2. The van der Waals surface area contributed by atoms with E-state index >= 15 is 0 Å². The van der Waals surface area contributed by atoms with Gasteiger partial charge in [0, 0.05) is 79.2 Å². The summed E-state index contributed by atoms with van der Waals surface area (Å²) in [6, 6.07) is 29.9. The minimum atomic E-state index is -2.72. The number of rotatable bonds is 4. The van der Waals surface area contributed by atoms with Gasteiger partial charge in [-0.25, -0.2) is 0 Å². The van der Waals surface area contributed by atoms with Crippen molar-refractivity contribution in [2.45, 2.75) is 125 Å². The maximum atomic E-state index is 9.06. The molecule has 0 aliphatic carbocycles. The van der Waals surface area contributed by atoms with Crippen LogP contribution in [0.2, 0.25) is 0 Å². The van der Waals surface area contributed by atoms with Gasteiger partial charge in [0.2, 0.25) is 0 Å². The molecule has 0 saturated heterocycles. The van der Waals surface area contributed by atoms with Crippen molar-refractivity contribution in [3.63, 3.8) is 0 Å².